The summed E-state index contributed by atoms with van der Waals surface area (Å²) in [4.78, 5) is 6.02. The van der Waals surface area contributed by atoms with Gasteiger partial charge >= 0.3 is 0 Å². The predicted molar refractivity (Wildman–Crippen MR) is 73.4 cm³/mol. The molecule has 17 heavy (non-hydrogen) atoms. The Kier molecular flexibility index (Phi) is 6.70. The monoisotopic (exact) mass is 256 g/mol. The topological polar surface area (TPSA) is 34.1 Å². The van der Waals surface area contributed by atoms with Gasteiger partial charge in [0.15, 0.2) is 0 Å². The summed E-state index contributed by atoms with van der Waals surface area (Å²) in [5.41, 5.74) is 1.25. The molecule has 1 rings (SSSR count). The predicted octanol–water partition coefficient (Wildman–Crippen LogP) is 2.99. The lowest BCUT2D eigenvalue weighted by Gasteiger charge is -2.06. The lowest BCUT2D eigenvalue weighted by atomic mass is 10.2. The van der Waals surface area contributed by atoms with Gasteiger partial charge in [0.2, 0.25) is 0 Å². The summed E-state index contributed by atoms with van der Waals surface area (Å²) >= 11 is 1.78. The van der Waals surface area contributed by atoms with Crippen LogP contribution in [0.3, 0.4) is 0 Å². The normalized spacial score (nSPS) is 11.4. The van der Waals surface area contributed by atoms with Crippen LogP contribution in [0.4, 0.5) is 0 Å². The van der Waals surface area contributed by atoms with Gasteiger partial charge in [0.1, 0.15) is 5.01 Å². The lowest BCUT2D eigenvalue weighted by molar-refractivity contribution is 0.184. The molecule has 1 N–H and O–H groups in total. The minimum atomic E-state index is 0.631. The van der Waals surface area contributed by atoms with E-state index >= 15 is 0 Å². The fourth-order valence-electron chi connectivity index (χ4n) is 1.67. The van der Waals surface area contributed by atoms with Gasteiger partial charge in [-0.3, -0.25) is 0 Å². The molecule has 1 aromatic heterocycles. The minimum absolute atomic E-state index is 0.631. The standard InChI is InChI=1S/C13H24N2OS/c1-5-6-11-12(8-14-7-10(2)3)17-13(15-11)9-16-4/h10,14H,5-9H2,1-4H3. The third kappa shape index (κ3) is 5.15. The molecule has 0 radical (unpaired) electrons. The molecule has 0 aliphatic rings. The Bertz CT molecular complexity index is 323. The molecule has 1 aromatic rings. The largest absolute Gasteiger partial charge is 0.378 e. The first-order chi connectivity index (χ1) is 8.17. The molecule has 1 heterocycles. The zero-order chi connectivity index (χ0) is 12.7. The fourth-order valence-corrected chi connectivity index (χ4v) is 2.72. The van der Waals surface area contributed by atoms with Crippen molar-refractivity contribution in [3.05, 3.63) is 15.6 Å². The van der Waals surface area contributed by atoms with E-state index in [2.05, 4.69) is 31.1 Å². The van der Waals surface area contributed by atoms with Crippen LogP contribution in [0, 0.1) is 5.92 Å². The van der Waals surface area contributed by atoms with Crippen LogP contribution in [0.5, 0.6) is 0 Å². The van der Waals surface area contributed by atoms with Crippen molar-refractivity contribution in [3.8, 4) is 0 Å². The highest BCUT2D eigenvalue weighted by atomic mass is 32.1. The second-order valence-electron chi connectivity index (χ2n) is 4.69. The number of nitrogens with zero attached hydrogens (tertiary/aromatic N) is 1. The van der Waals surface area contributed by atoms with Crippen molar-refractivity contribution < 1.29 is 4.74 Å². The van der Waals surface area contributed by atoms with E-state index in [4.69, 9.17) is 4.74 Å². The van der Waals surface area contributed by atoms with Crippen LogP contribution in [0.15, 0.2) is 0 Å². The van der Waals surface area contributed by atoms with Gasteiger partial charge in [-0.15, -0.1) is 11.3 Å². The molecule has 0 aliphatic heterocycles. The number of hydrogen-bond acceptors (Lipinski definition) is 4. The molecule has 0 amide bonds. The summed E-state index contributed by atoms with van der Waals surface area (Å²) < 4.78 is 5.14. The molecule has 4 heteroatoms. The number of ether oxygens (including phenoxy) is 1. The minimum Gasteiger partial charge on any atom is -0.378 e. The molecule has 0 atom stereocenters. The molecular weight excluding hydrogens is 232 g/mol. The van der Waals surface area contributed by atoms with Crippen LogP contribution in [0.25, 0.3) is 0 Å². The fraction of sp³-hybridized carbons (Fsp3) is 0.769. The van der Waals surface area contributed by atoms with Gasteiger partial charge in [0.25, 0.3) is 0 Å². The van der Waals surface area contributed by atoms with Crippen molar-refractivity contribution in [1.82, 2.24) is 10.3 Å². The molecule has 0 saturated carbocycles. The Morgan fingerprint density at radius 2 is 2.18 bits per heavy atom. The van der Waals surface area contributed by atoms with Crippen LogP contribution in [-0.2, 0) is 24.3 Å². The van der Waals surface area contributed by atoms with Crippen molar-refractivity contribution in [3.63, 3.8) is 0 Å². The van der Waals surface area contributed by atoms with Gasteiger partial charge in [0.05, 0.1) is 12.3 Å². The number of nitrogens with one attached hydrogen (secondary N) is 1. The second kappa shape index (κ2) is 7.80. The maximum Gasteiger partial charge on any atom is 0.119 e. The van der Waals surface area contributed by atoms with E-state index in [1.807, 2.05) is 0 Å². The molecule has 0 aliphatic carbocycles. The molecular formula is C13H24N2OS. The van der Waals surface area contributed by atoms with Gasteiger partial charge in [-0.25, -0.2) is 4.98 Å². The molecule has 0 bridgehead atoms. The van der Waals surface area contributed by atoms with Gasteiger partial charge < -0.3 is 10.1 Å². The SMILES string of the molecule is CCCc1nc(COC)sc1CNCC(C)C. The van der Waals surface area contributed by atoms with Gasteiger partial charge in [-0.05, 0) is 18.9 Å². The Hall–Kier alpha value is -0.450. The molecule has 98 valence electrons. The quantitative estimate of drug-likeness (QED) is 0.776. The Morgan fingerprint density at radius 1 is 1.41 bits per heavy atom. The van der Waals surface area contributed by atoms with E-state index in [0.29, 0.717) is 12.5 Å². The molecule has 0 spiro atoms. The van der Waals surface area contributed by atoms with E-state index in [0.717, 1.165) is 30.9 Å². The number of rotatable bonds is 8. The van der Waals surface area contributed by atoms with Crippen LogP contribution >= 0.6 is 11.3 Å². The van der Waals surface area contributed by atoms with Crippen LogP contribution in [-0.4, -0.2) is 18.6 Å². The zero-order valence-corrected chi connectivity index (χ0v) is 12.2. The molecule has 0 saturated heterocycles. The average Bonchev–Trinajstić information content (AvgIpc) is 2.62. The van der Waals surface area contributed by atoms with Crippen molar-refractivity contribution >= 4 is 11.3 Å². The van der Waals surface area contributed by atoms with E-state index in [-0.39, 0.29) is 0 Å². The Morgan fingerprint density at radius 3 is 2.76 bits per heavy atom. The number of methoxy groups -OCH3 is 1. The third-order valence-corrected chi connectivity index (χ3v) is 3.49. The first-order valence-electron chi connectivity index (χ1n) is 6.34. The van der Waals surface area contributed by atoms with Crippen LogP contribution < -0.4 is 5.32 Å². The summed E-state index contributed by atoms with van der Waals surface area (Å²) in [6, 6.07) is 0. The zero-order valence-electron chi connectivity index (χ0n) is 11.4. The van der Waals surface area contributed by atoms with Gasteiger partial charge in [-0.2, -0.15) is 0 Å². The molecule has 0 aromatic carbocycles. The maximum atomic E-state index is 5.14. The number of hydrogen-bond donors (Lipinski definition) is 1. The van der Waals surface area contributed by atoms with E-state index in [9.17, 15) is 0 Å². The van der Waals surface area contributed by atoms with Gasteiger partial charge in [-0.1, -0.05) is 27.2 Å². The Balaban J connectivity index is 2.60. The summed E-state index contributed by atoms with van der Waals surface area (Å²) in [6.45, 7) is 9.27. The highest BCUT2D eigenvalue weighted by molar-refractivity contribution is 7.11. The first-order valence-corrected chi connectivity index (χ1v) is 7.16. The van der Waals surface area contributed by atoms with E-state index in [1.165, 1.54) is 10.6 Å². The molecule has 0 fully saturated rings. The summed E-state index contributed by atoms with van der Waals surface area (Å²) in [7, 11) is 1.72. The third-order valence-electron chi connectivity index (χ3n) is 2.42. The summed E-state index contributed by atoms with van der Waals surface area (Å²) in [5.74, 6) is 0.691. The van der Waals surface area contributed by atoms with Gasteiger partial charge in [0, 0.05) is 18.5 Å². The van der Waals surface area contributed by atoms with E-state index in [1.54, 1.807) is 18.4 Å². The molecule has 0 unspecified atom stereocenters. The van der Waals surface area contributed by atoms with Crippen LogP contribution in [0.1, 0.15) is 42.8 Å². The Labute approximate surface area is 109 Å². The average molecular weight is 256 g/mol. The van der Waals surface area contributed by atoms with E-state index < -0.39 is 0 Å². The smallest absolute Gasteiger partial charge is 0.119 e. The highest BCUT2D eigenvalue weighted by Crippen LogP contribution is 2.20. The summed E-state index contributed by atoms with van der Waals surface area (Å²) in [5, 5.41) is 4.58. The number of aryl methyl sites for hydroxylation is 1. The highest BCUT2D eigenvalue weighted by Gasteiger charge is 2.10. The number of aromatic nitrogens is 1. The molecule has 3 nitrogen and oxygen atoms in total. The van der Waals surface area contributed by atoms with Crippen LogP contribution in [0.2, 0.25) is 0 Å². The van der Waals surface area contributed by atoms with Crippen molar-refractivity contribution in [2.45, 2.75) is 46.8 Å². The number of thiazole rings is 1. The first kappa shape index (κ1) is 14.6. The van der Waals surface area contributed by atoms with Crippen molar-refractivity contribution in [2.24, 2.45) is 5.92 Å². The summed E-state index contributed by atoms with van der Waals surface area (Å²) in [6.07, 6.45) is 2.21. The van der Waals surface area contributed by atoms with Crippen molar-refractivity contribution in [2.75, 3.05) is 13.7 Å². The maximum absolute atomic E-state index is 5.14. The second-order valence-corrected chi connectivity index (χ2v) is 5.85. The van der Waals surface area contributed by atoms with Crippen molar-refractivity contribution in [1.29, 1.82) is 0 Å². The lowest BCUT2D eigenvalue weighted by Crippen LogP contribution is -2.19.